The molecule has 1 atom stereocenters. The molecule has 1 aliphatic heterocycles. The predicted octanol–water partition coefficient (Wildman–Crippen LogP) is 6.42. The van der Waals surface area contributed by atoms with Crippen molar-refractivity contribution in [2.24, 2.45) is 5.10 Å². The molecule has 7 heteroatoms. The molecule has 1 unspecified atom stereocenters. The van der Waals surface area contributed by atoms with E-state index >= 15 is 0 Å². The number of hydrazone groups is 1. The van der Waals surface area contributed by atoms with Crippen LogP contribution in [-0.4, -0.2) is 28.4 Å². The summed E-state index contributed by atoms with van der Waals surface area (Å²) in [5.41, 5.74) is 4.94. The zero-order valence-electron chi connectivity index (χ0n) is 19.3. The highest BCUT2D eigenvalue weighted by molar-refractivity contribution is 7.98. The lowest BCUT2D eigenvalue weighted by Gasteiger charge is -2.19. The fourth-order valence-corrected chi connectivity index (χ4v) is 4.57. The number of carbonyl (C=O) groups is 1. The van der Waals surface area contributed by atoms with Crippen molar-refractivity contribution in [2.75, 3.05) is 6.26 Å². The van der Waals surface area contributed by atoms with Gasteiger partial charge in [0.05, 0.1) is 11.7 Å². The smallest absolute Gasteiger partial charge is 0.292 e. The first-order valence-corrected chi connectivity index (χ1v) is 12.7. The third-order valence-corrected chi connectivity index (χ3v) is 6.84. The van der Waals surface area contributed by atoms with Gasteiger partial charge < -0.3 is 5.32 Å². The second-order valence-corrected chi connectivity index (χ2v) is 9.49. The van der Waals surface area contributed by atoms with E-state index in [1.165, 1.54) is 9.90 Å². The molecule has 1 N–H and O–H groups in total. The summed E-state index contributed by atoms with van der Waals surface area (Å²) in [4.78, 5) is 19.1. The highest BCUT2D eigenvalue weighted by Gasteiger charge is 2.35. The highest BCUT2D eigenvalue weighted by Crippen LogP contribution is 2.29. The molecule has 0 spiro atoms. The first-order chi connectivity index (χ1) is 17.0. The Morgan fingerprint density at radius 1 is 1.06 bits per heavy atom. The molecule has 2 heterocycles. The quantitative estimate of drug-likeness (QED) is 0.149. The number of hydrogen-bond donors (Lipinski definition) is 1. The monoisotopic (exact) mass is 498 g/mol. The molecular weight excluding hydrogens is 476 g/mol. The van der Waals surface area contributed by atoms with Crippen LogP contribution >= 0.6 is 23.4 Å². The minimum atomic E-state index is -0.439. The number of benzene rings is 3. The lowest BCUT2D eigenvalue weighted by atomic mass is 10.1. The zero-order valence-corrected chi connectivity index (χ0v) is 20.8. The van der Waals surface area contributed by atoms with Gasteiger partial charge in [-0.25, -0.2) is 9.99 Å². The Labute approximate surface area is 213 Å². The van der Waals surface area contributed by atoms with Gasteiger partial charge in [-0.3, -0.25) is 4.79 Å². The minimum absolute atomic E-state index is 0.218. The fourth-order valence-electron chi connectivity index (χ4n) is 3.96. The summed E-state index contributed by atoms with van der Waals surface area (Å²) in [6, 6.07) is 25.8. The molecule has 0 saturated carbocycles. The normalized spacial score (nSPS) is 17.0. The van der Waals surface area contributed by atoms with Crippen LogP contribution in [0, 0.1) is 6.92 Å². The Kier molecular flexibility index (Phi) is 6.57. The van der Waals surface area contributed by atoms with E-state index in [2.05, 4.69) is 21.5 Å². The Morgan fingerprint density at radius 3 is 2.57 bits per heavy atom. The molecule has 1 saturated heterocycles. The van der Waals surface area contributed by atoms with Gasteiger partial charge in [0.1, 0.15) is 10.9 Å². The molecule has 3 aromatic carbocycles. The molecule has 0 bridgehead atoms. The summed E-state index contributed by atoms with van der Waals surface area (Å²) in [5, 5.41) is 10.7. The van der Waals surface area contributed by atoms with Gasteiger partial charge in [-0.05, 0) is 60.7 Å². The van der Waals surface area contributed by atoms with Gasteiger partial charge in [-0.1, -0.05) is 65.7 Å². The number of hydrogen-bond acceptors (Lipinski definition) is 5. The van der Waals surface area contributed by atoms with Crippen LogP contribution in [-0.2, 0) is 4.79 Å². The first kappa shape index (κ1) is 23.1. The highest BCUT2D eigenvalue weighted by atomic mass is 35.5. The van der Waals surface area contributed by atoms with Crippen LogP contribution in [0.15, 0.2) is 94.6 Å². The number of pyridine rings is 1. The summed E-state index contributed by atoms with van der Waals surface area (Å²) in [7, 11) is 0. The molecular formula is C28H23ClN4OS. The molecule has 5 nitrogen and oxygen atoms in total. The van der Waals surface area contributed by atoms with Crippen molar-refractivity contribution in [1.29, 1.82) is 0 Å². The average Bonchev–Trinajstić information content (AvgIpc) is 3.18. The van der Waals surface area contributed by atoms with Crippen LogP contribution in [0.3, 0.4) is 0 Å². The van der Waals surface area contributed by atoms with Gasteiger partial charge in [0.15, 0.2) is 6.17 Å². The molecule has 1 aromatic heterocycles. The summed E-state index contributed by atoms with van der Waals surface area (Å²) in [5.74, 6) is -0.218. The lowest BCUT2D eigenvalue weighted by Crippen LogP contribution is -2.25. The van der Waals surface area contributed by atoms with Crippen molar-refractivity contribution >= 4 is 52.5 Å². The van der Waals surface area contributed by atoms with Crippen molar-refractivity contribution in [2.45, 2.75) is 18.0 Å². The Balaban J connectivity index is 1.50. The van der Waals surface area contributed by atoms with E-state index in [1.807, 2.05) is 92.1 Å². The maximum absolute atomic E-state index is 13.4. The van der Waals surface area contributed by atoms with Crippen LogP contribution in [0.5, 0.6) is 0 Å². The van der Waals surface area contributed by atoms with E-state index < -0.39 is 6.17 Å². The average molecular weight is 499 g/mol. The lowest BCUT2D eigenvalue weighted by molar-refractivity contribution is -0.126. The minimum Gasteiger partial charge on any atom is -0.355 e. The largest absolute Gasteiger partial charge is 0.355 e. The molecule has 4 aromatic rings. The molecule has 0 aliphatic carbocycles. The van der Waals surface area contributed by atoms with Crippen molar-refractivity contribution in [3.63, 3.8) is 0 Å². The van der Waals surface area contributed by atoms with Crippen LogP contribution in [0.4, 0.5) is 0 Å². The summed E-state index contributed by atoms with van der Waals surface area (Å²) in [6.07, 6.45) is 5.05. The SMILES string of the molecule is CSc1ccc(/C=C2\NC(c3ccccc3)N(/N=C/c3cc4cc(C)ccc4nc3Cl)C2=O)cc1. The molecule has 35 heavy (non-hydrogen) atoms. The van der Waals surface area contributed by atoms with Gasteiger partial charge in [-0.2, -0.15) is 5.10 Å². The summed E-state index contributed by atoms with van der Waals surface area (Å²) < 4.78 is 0. The standard InChI is InChI=1S/C28H23ClN4OS/c1-18-8-13-24-21(14-18)16-22(26(29)31-24)17-30-33-27(20-6-4-3-5-7-20)32-25(28(33)34)15-19-9-11-23(35-2)12-10-19/h3-17,27,32H,1-2H3/b25-15-,30-17+. The third-order valence-electron chi connectivity index (χ3n) is 5.79. The van der Waals surface area contributed by atoms with Crippen LogP contribution in [0.2, 0.25) is 5.15 Å². The van der Waals surface area contributed by atoms with Crippen molar-refractivity contribution < 1.29 is 4.79 Å². The van der Waals surface area contributed by atoms with Gasteiger partial charge in [0.2, 0.25) is 0 Å². The first-order valence-electron chi connectivity index (χ1n) is 11.1. The topological polar surface area (TPSA) is 57.6 Å². The second-order valence-electron chi connectivity index (χ2n) is 8.25. The van der Waals surface area contributed by atoms with E-state index in [9.17, 15) is 4.79 Å². The Bertz CT molecular complexity index is 1450. The number of amides is 1. The van der Waals surface area contributed by atoms with Crippen molar-refractivity contribution in [1.82, 2.24) is 15.3 Å². The van der Waals surface area contributed by atoms with Gasteiger partial charge >= 0.3 is 0 Å². The van der Waals surface area contributed by atoms with Crippen molar-refractivity contribution in [3.05, 3.63) is 112 Å². The van der Waals surface area contributed by atoms with E-state index in [0.29, 0.717) is 16.4 Å². The number of aromatic nitrogens is 1. The number of thioether (sulfide) groups is 1. The second kappa shape index (κ2) is 9.94. The number of nitrogens with zero attached hydrogens (tertiary/aromatic N) is 3. The number of carbonyl (C=O) groups excluding carboxylic acids is 1. The van der Waals surface area contributed by atoms with Gasteiger partial charge in [0.25, 0.3) is 5.91 Å². The number of rotatable bonds is 5. The molecule has 1 aliphatic rings. The number of halogens is 1. The number of nitrogens with one attached hydrogen (secondary N) is 1. The molecule has 0 radical (unpaired) electrons. The van der Waals surface area contributed by atoms with Crippen LogP contribution in [0.25, 0.3) is 17.0 Å². The Morgan fingerprint density at radius 2 is 1.83 bits per heavy atom. The van der Waals surface area contributed by atoms with Gasteiger partial charge in [0, 0.05) is 15.8 Å². The summed E-state index contributed by atoms with van der Waals surface area (Å²) in [6.45, 7) is 2.03. The predicted molar refractivity (Wildman–Crippen MR) is 144 cm³/mol. The Hall–Kier alpha value is -3.61. The maximum Gasteiger partial charge on any atom is 0.292 e. The molecule has 1 fully saturated rings. The van der Waals surface area contributed by atoms with Crippen molar-refractivity contribution in [3.8, 4) is 0 Å². The molecule has 5 rings (SSSR count). The number of fused-ring (bicyclic) bond motifs is 1. The van der Waals surface area contributed by atoms with E-state index in [1.54, 1.807) is 18.0 Å². The van der Waals surface area contributed by atoms with Crippen LogP contribution in [0.1, 0.15) is 28.4 Å². The summed E-state index contributed by atoms with van der Waals surface area (Å²) >= 11 is 8.12. The maximum atomic E-state index is 13.4. The van der Waals surface area contributed by atoms with Gasteiger partial charge in [-0.15, -0.1) is 11.8 Å². The molecule has 1 amide bonds. The van der Waals surface area contributed by atoms with E-state index in [0.717, 1.165) is 27.6 Å². The number of aryl methyl sites for hydroxylation is 1. The van der Waals surface area contributed by atoms with E-state index in [-0.39, 0.29) is 5.91 Å². The van der Waals surface area contributed by atoms with E-state index in [4.69, 9.17) is 11.6 Å². The fraction of sp³-hybridized carbons (Fsp3) is 0.107. The third kappa shape index (κ3) is 4.94. The van der Waals surface area contributed by atoms with Crippen LogP contribution < -0.4 is 5.32 Å². The molecule has 174 valence electrons. The zero-order chi connectivity index (χ0) is 24.4.